The third-order valence-corrected chi connectivity index (χ3v) is 4.94. The van der Waals surface area contributed by atoms with Crippen molar-refractivity contribution in [2.75, 3.05) is 13.3 Å². The summed E-state index contributed by atoms with van der Waals surface area (Å²) in [5.41, 5.74) is 1.72. The summed E-state index contributed by atoms with van der Waals surface area (Å²) in [6, 6.07) is 19.9. The van der Waals surface area contributed by atoms with Crippen LogP contribution in [0, 0.1) is 0 Å². The summed E-state index contributed by atoms with van der Waals surface area (Å²) in [5.74, 6) is 0.259. The Balaban J connectivity index is 2.01. The van der Waals surface area contributed by atoms with E-state index < -0.39 is 0 Å². The summed E-state index contributed by atoms with van der Waals surface area (Å²) in [6.07, 6.45) is 1.75. The normalized spacial score (nSPS) is 11.6. The number of hydrogen-bond donors (Lipinski definition) is 1. The van der Waals surface area contributed by atoms with E-state index in [1.165, 1.54) is 5.30 Å². The van der Waals surface area contributed by atoms with Crippen LogP contribution in [-0.2, 0) is 0 Å². The topological polar surface area (TPSA) is 32.6 Å². The minimum Gasteiger partial charge on any atom is -0.507 e. The molecule has 0 heterocycles. The number of aliphatic imine (C=N–C) groups is 1. The lowest BCUT2D eigenvalue weighted by molar-refractivity contribution is 0.475. The predicted molar refractivity (Wildman–Crippen MR) is 97.7 cm³/mol. The summed E-state index contributed by atoms with van der Waals surface area (Å²) < 4.78 is 0. The fraction of sp³-hybridized carbons (Fsp3) is 0.105. The van der Waals surface area contributed by atoms with Crippen LogP contribution in [0.3, 0.4) is 0 Å². The van der Waals surface area contributed by atoms with E-state index in [1.807, 2.05) is 48.5 Å². The highest BCUT2D eigenvalue weighted by Gasteiger charge is 2.05. The number of phenols is 1. The van der Waals surface area contributed by atoms with Gasteiger partial charge in [0.2, 0.25) is 0 Å². The van der Waals surface area contributed by atoms with Crippen molar-refractivity contribution in [3.05, 3.63) is 66.2 Å². The van der Waals surface area contributed by atoms with Gasteiger partial charge in [-0.25, -0.2) is 0 Å². The van der Waals surface area contributed by atoms with Crippen molar-refractivity contribution in [3.63, 3.8) is 0 Å². The average Bonchev–Trinajstić information content (AvgIpc) is 2.53. The third-order valence-electron chi connectivity index (χ3n) is 3.60. The number of fused-ring (bicyclic) bond motifs is 1. The van der Waals surface area contributed by atoms with Gasteiger partial charge in [-0.1, -0.05) is 50.4 Å². The van der Waals surface area contributed by atoms with Gasteiger partial charge in [-0.05, 0) is 42.3 Å². The highest BCUT2D eigenvalue weighted by molar-refractivity contribution is 7.64. The Morgan fingerprint density at radius 1 is 0.909 bits per heavy atom. The monoisotopic (exact) mass is 307 g/mol. The number of rotatable bonds is 3. The quantitative estimate of drug-likeness (QED) is 0.554. The van der Waals surface area contributed by atoms with E-state index in [1.54, 1.807) is 12.3 Å². The summed E-state index contributed by atoms with van der Waals surface area (Å²) in [4.78, 5) is 4.60. The molecule has 0 aromatic heterocycles. The van der Waals surface area contributed by atoms with Crippen LogP contribution >= 0.6 is 7.92 Å². The highest BCUT2D eigenvalue weighted by Crippen LogP contribution is 2.30. The van der Waals surface area contributed by atoms with Crippen LogP contribution in [0.1, 0.15) is 5.56 Å². The van der Waals surface area contributed by atoms with Crippen LogP contribution in [0.25, 0.3) is 10.8 Å². The molecule has 3 aromatic carbocycles. The smallest absolute Gasteiger partial charge is 0.124 e. The number of aromatic hydroxyl groups is 1. The van der Waals surface area contributed by atoms with Crippen molar-refractivity contribution in [3.8, 4) is 5.75 Å². The Morgan fingerprint density at radius 2 is 1.55 bits per heavy atom. The van der Waals surface area contributed by atoms with Crippen LogP contribution in [0.2, 0.25) is 0 Å². The maximum absolute atomic E-state index is 10.2. The summed E-state index contributed by atoms with van der Waals surface area (Å²) in [6.45, 7) is 4.44. The summed E-state index contributed by atoms with van der Waals surface area (Å²) >= 11 is 0. The first-order valence-electron chi connectivity index (χ1n) is 7.17. The minimum atomic E-state index is -0.209. The molecule has 0 atom stereocenters. The van der Waals surface area contributed by atoms with Crippen molar-refractivity contribution in [1.82, 2.24) is 0 Å². The third kappa shape index (κ3) is 3.03. The summed E-state index contributed by atoms with van der Waals surface area (Å²) in [5, 5.41) is 13.6. The van der Waals surface area contributed by atoms with E-state index in [4.69, 9.17) is 0 Å². The first-order chi connectivity index (χ1) is 10.6. The van der Waals surface area contributed by atoms with Crippen LogP contribution in [-0.4, -0.2) is 24.7 Å². The van der Waals surface area contributed by atoms with Gasteiger partial charge >= 0.3 is 0 Å². The Bertz CT molecular complexity index is 840. The van der Waals surface area contributed by atoms with Crippen LogP contribution in [0.4, 0.5) is 5.69 Å². The zero-order valence-electron chi connectivity index (χ0n) is 12.7. The van der Waals surface area contributed by atoms with Gasteiger partial charge < -0.3 is 5.11 Å². The highest BCUT2D eigenvalue weighted by atomic mass is 31.1. The van der Waals surface area contributed by atoms with Gasteiger partial charge in [-0.3, -0.25) is 4.99 Å². The van der Waals surface area contributed by atoms with Crippen molar-refractivity contribution in [2.24, 2.45) is 4.99 Å². The standard InChI is InChI=1S/C19H18NOP/c1-22(2)19-10-6-5-9-17(19)20-13-16-11-14-7-3-4-8-15(14)12-18(16)21/h3-13,21H,1-2H3. The van der Waals surface area contributed by atoms with Crippen molar-refractivity contribution >= 4 is 35.9 Å². The molecule has 110 valence electrons. The molecule has 0 aliphatic heterocycles. The second kappa shape index (κ2) is 6.29. The lowest BCUT2D eigenvalue weighted by Crippen LogP contribution is -1.99. The molecule has 0 amide bonds. The second-order valence-corrected chi connectivity index (χ2v) is 7.67. The molecular formula is C19H18NOP. The molecule has 0 spiro atoms. The molecule has 0 unspecified atom stereocenters. The SMILES string of the molecule is CP(C)c1ccccc1N=Cc1cc2ccccc2cc1O. The molecule has 3 rings (SSSR count). The zero-order valence-corrected chi connectivity index (χ0v) is 13.6. The number of para-hydroxylation sites is 1. The lowest BCUT2D eigenvalue weighted by Gasteiger charge is -2.09. The van der Waals surface area contributed by atoms with Gasteiger partial charge in [0.1, 0.15) is 5.75 Å². The van der Waals surface area contributed by atoms with Gasteiger partial charge in [0.15, 0.2) is 0 Å². The van der Waals surface area contributed by atoms with E-state index in [2.05, 4.69) is 24.4 Å². The molecule has 0 aliphatic rings. The van der Waals surface area contributed by atoms with E-state index in [9.17, 15) is 5.11 Å². The molecule has 22 heavy (non-hydrogen) atoms. The molecule has 0 saturated carbocycles. The molecule has 3 aromatic rings. The molecular weight excluding hydrogens is 289 g/mol. The largest absolute Gasteiger partial charge is 0.507 e. The number of phenolic OH excluding ortho intramolecular Hbond substituents is 1. The number of hydrogen-bond acceptors (Lipinski definition) is 2. The second-order valence-electron chi connectivity index (χ2n) is 5.40. The van der Waals surface area contributed by atoms with Crippen molar-refractivity contribution in [1.29, 1.82) is 0 Å². The van der Waals surface area contributed by atoms with Crippen molar-refractivity contribution in [2.45, 2.75) is 0 Å². The Morgan fingerprint density at radius 3 is 2.27 bits per heavy atom. The summed E-state index contributed by atoms with van der Waals surface area (Å²) in [7, 11) is -0.209. The molecule has 0 fully saturated rings. The first-order valence-corrected chi connectivity index (χ1v) is 9.41. The molecule has 0 radical (unpaired) electrons. The average molecular weight is 307 g/mol. The van der Waals surface area contributed by atoms with Gasteiger partial charge in [-0.2, -0.15) is 0 Å². The van der Waals surface area contributed by atoms with E-state index in [0.29, 0.717) is 0 Å². The van der Waals surface area contributed by atoms with Crippen LogP contribution in [0.15, 0.2) is 65.7 Å². The van der Waals surface area contributed by atoms with Crippen LogP contribution in [0.5, 0.6) is 5.75 Å². The van der Waals surface area contributed by atoms with Gasteiger partial charge in [-0.15, -0.1) is 0 Å². The number of benzene rings is 3. The minimum absolute atomic E-state index is 0.209. The molecule has 0 saturated heterocycles. The molecule has 3 heteroatoms. The van der Waals surface area contributed by atoms with Crippen molar-refractivity contribution < 1.29 is 5.11 Å². The maximum atomic E-state index is 10.2. The number of nitrogens with zero attached hydrogens (tertiary/aromatic N) is 1. The van der Waals surface area contributed by atoms with Gasteiger partial charge in [0.05, 0.1) is 5.69 Å². The van der Waals surface area contributed by atoms with E-state index in [-0.39, 0.29) is 13.7 Å². The van der Waals surface area contributed by atoms with E-state index in [0.717, 1.165) is 22.0 Å². The molecule has 0 aliphatic carbocycles. The molecule has 0 bridgehead atoms. The van der Waals surface area contributed by atoms with Crippen LogP contribution < -0.4 is 5.30 Å². The molecule has 1 N–H and O–H groups in total. The Hall–Kier alpha value is -2.18. The van der Waals surface area contributed by atoms with E-state index >= 15 is 0 Å². The van der Waals surface area contributed by atoms with Gasteiger partial charge in [0.25, 0.3) is 0 Å². The Kier molecular flexibility index (Phi) is 4.22. The lowest BCUT2D eigenvalue weighted by atomic mass is 10.1. The Labute approximate surface area is 131 Å². The van der Waals surface area contributed by atoms with Gasteiger partial charge in [0, 0.05) is 17.1 Å². The predicted octanol–water partition coefficient (Wildman–Crippen LogP) is 4.66. The fourth-order valence-electron chi connectivity index (χ4n) is 2.44. The first kappa shape index (κ1) is 14.7. The fourth-order valence-corrected chi connectivity index (χ4v) is 3.41. The zero-order chi connectivity index (χ0) is 15.5. The maximum Gasteiger partial charge on any atom is 0.124 e. The molecule has 2 nitrogen and oxygen atoms in total.